The number of fused-ring (bicyclic) bond motifs is 2. The molecule has 3 aliphatic heterocycles. The second-order valence-corrected chi connectivity index (χ2v) is 6.75. The predicted octanol–water partition coefficient (Wildman–Crippen LogP) is 2.01. The third-order valence-electron chi connectivity index (χ3n) is 3.09. The fourth-order valence-electron chi connectivity index (χ4n) is 2.09. The highest BCUT2D eigenvalue weighted by Crippen LogP contribution is 2.58. The first-order valence-electron chi connectivity index (χ1n) is 4.62. The molecule has 0 aromatic rings. The van der Waals surface area contributed by atoms with Crippen LogP contribution in [0.4, 0.5) is 0 Å². The summed E-state index contributed by atoms with van der Waals surface area (Å²) < 4.78 is 7.18. The first-order valence-corrected chi connectivity index (χ1v) is 6.13. The van der Waals surface area contributed by atoms with Gasteiger partial charge in [-0.2, -0.15) is 0 Å². The summed E-state index contributed by atoms with van der Waals surface area (Å²) in [4.78, 5) is 12.1. The molecule has 2 fully saturated rings. The van der Waals surface area contributed by atoms with E-state index in [1.165, 1.54) is 0 Å². The smallest absolute Gasteiger partial charge is 0.213 e. The molecule has 0 aromatic heterocycles. The Morgan fingerprint density at radius 3 is 2.50 bits per heavy atom. The van der Waals surface area contributed by atoms with Gasteiger partial charge in [0, 0.05) is 0 Å². The quantitative estimate of drug-likeness (QED) is 0.422. The molecule has 0 amide bonds. The summed E-state index contributed by atoms with van der Waals surface area (Å²) in [5.74, 6) is -0.664. The van der Waals surface area contributed by atoms with Gasteiger partial charge in [-0.1, -0.05) is 52.5 Å². The zero-order chi connectivity index (χ0) is 11.8. The molecule has 0 unspecified atom stereocenters. The molecule has 2 saturated heterocycles. The van der Waals surface area contributed by atoms with Crippen LogP contribution in [0.2, 0.25) is 0 Å². The van der Waals surface area contributed by atoms with Gasteiger partial charge in [0.15, 0.2) is 5.60 Å². The molecule has 3 rings (SSSR count). The van der Waals surface area contributed by atoms with E-state index < -0.39 is 26.2 Å². The largest absolute Gasteiger partial charge is 0.369 e. The van der Waals surface area contributed by atoms with Crippen molar-refractivity contribution in [2.45, 2.75) is 26.5 Å². The number of carbonyl (C=O) groups is 1. The minimum atomic E-state index is -1.83. The standard InChI is InChI=1S/C9H6Cl4O3/c10-8(11)4-1-2-7(16-4,5-3-15-5)9(12,13)6(8)14/h1-2,4-5H,3H2/t4-,5-,7+/m0/s1. The second kappa shape index (κ2) is 3.08. The molecular formula is C9H6Cl4O3. The first kappa shape index (κ1) is 11.6. The van der Waals surface area contributed by atoms with Crippen LogP contribution >= 0.6 is 46.4 Å². The van der Waals surface area contributed by atoms with E-state index in [-0.39, 0.29) is 6.10 Å². The van der Waals surface area contributed by atoms with Crippen molar-refractivity contribution in [3.8, 4) is 0 Å². The van der Waals surface area contributed by atoms with Gasteiger partial charge in [0.1, 0.15) is 12.2 Å². The van der Waals surface area contributed by atoms with Crippen molar-refractivity contribution in [3.63, 3.8) is 0 Å². The third-order valence-corrected chi connectivity index (χ3v) is 4.80. The average Bonchev–Trinajstić information content (AvgIpc) is 2.95. The van der Waals surface area contributed by atoms with E-state index in [0.717, 1.165) is 0 Å². The fourth-order valence-corrected chi connectivity index (χ4v) is 3.56. The highest BCUT2D eigenvalue weighted by molar-refractivity contribution is 6.70. The lowest BCUT2D eigenvalue weighted by molar-refractivity contribution is -0.143. The van der Waals surface area contributed by atoms with Crippen LogP contribution in [0.15, 0.2) is 12.2 Å². The van der Waals surface area contributed by atoms with Gasteiger partial charge in [-0.05, 0) is 6.08 Å². The molecule has 88 valence electrons. The Hall–Kier alpha value is 0.490. The molecule has 0 saturated carbocycles. The van der Waals surface area contributed by atoms with Crippen LogP contribution in [0.3, 0.4) is 0 Å². The third kappa shape index (κ3) is 1.17. The Kier molecular flexibility index (Phi) is 2.23. The number of halogens is 4. The minimum Gasteiger partial charge on any atom is -0.369 e. The number of hydrogen-bond acceptors (Lipinski definition) is 3. The van der Waals surface area contributed by atoms with E-state index in [4.69, 9.17) is 55.9 Å². The van der Waals surface area contributed by atoms with Crippen LogP contribution in [0.1, 0.15) is 0 Å². The molecule has 3 atom stereocenters. The maximum absolute atomic E-state index is 12.1. The van der Waals surface area contributed by atoms with Crippen molar-refractivity contribution in [1.82, 2.24) is 0 Å². The highest BCUT2D eigenvalue weighted by Gasteiger charge is 2.74. The first-order chi connectivity index (χ1) is 7.32. The number of rotatable bonds is 1. The maximum atomic E-state index is 12.1. The summed E-state index contributed by atoms with van der Waals surface area (Å²) in [6.45, 7) is 0.448. The van der Waals surface area contributed by atoms with Crippen molar-refractivity contribution >= 4 is 52.2 Å². The Balaban J connectivity index is 2.13. The van der Waals surface area contributed by atoms with Crippen molar-refractivity contribution < 1.29 is 14.3 Å². The molecule has 0 N–H and O–H groups in total. The molecule has 2 bridgehead atoms. The maximum Gasteiger partial charge on any atom is 0.213 e. The molecule has 0 aromatic carbocycles. The lowest BCUT2D eigenvalue weighted by Gasteiger charge is -2.45. The average molecular weight is 304 g/mol. The van der Waals surface area contributed by atoms with Crippen LogP contribution in [-0.2, 0) is 14.3 Å². The van der Waals surface area contributed by atoms with E-state index in [0.29, 0.717) is 6.61 Å². The van der Waals surface area contributed by atoms with Crippen LogP contribution in [0.25, 0.3) is 0 Å². The Bertz CT molecular complexity index is 402. The Labute approximate surface area is 112 Å². The number of ether oxygens (including phenoxy) is 2. The van der Waals surface area contributed by atoms with Gasteiger partial charge in [-0.25, -0.2) is 0 Å². The highest BCUT2D eigenvalue weighted by atomic mass is 35.5. The normalized spacial score (nSPS) is 47.1. The van der Waals surface area contributed by atoms with Crippen molar-refractivity contribution in [2.24, 2.45) is 0 Å². The monoisotopic (exact) mass is 302 g/mol. The van der Waals surface area contributed by atoms with E-state index in [1.54, 1.807) is 12.2 Å². The van der Waals surface area contributed by atoms with Crippen molar-refractivity contribution in [3.05, 3.63) is 12.2 Å². The summed E-state index contributed by atoms with van der Waals surface area (Å²) in [6.07, 6.45) is 2.17. The summed E-state index contributed by atoms with van der Waals surface area (Å²) >= 11 is 24.0. The van der Waals surface area contributed by atoms with Gasteiger partial charge in [0.25, 0.3) is 0 Å². The molecule has 3 aliphatic rings. The van der Waals surface area contributed by atoms with Gasteiger partial charge in [0.2, 0.25) is 14.4 Å². The lowest BCUT2D eigenvalue weighted by atomic mass is 9.90. The van der Waals surface area contributed by atoms with E-state index in [1.807, 2.05) is 0 Å². The minimum absolute atomic E-state index is 0.322. The van der Waals surface area contributed by atoms with E-state index >= 15 is 0 Å². The SMILES string of the molecule is O=C1C(Cl)(Cl)[C@@H]2C=C[C@]([C@@H]3CO3)(O2)C1(Cl)Cl. The second-order valence-electron chi connectivity index (χ2n) is 4.04. The van der Waals surface area contributed by atoms with Gasteiger partial charge in [0.05, 0.1) is 6.61 Å². The lowest BCUT2D eigenvalue weighted by Crippen LogP contribution is -2.66. The molecule has 3 nitrogen and oxygen atoms in total. The number of Topliss-reactive ketones (excluding diaryl/α,β-unsaturated/α-hetero) is 1. The summed E-state index contributed by atoms with van der Waals surface area (Å²) in [6, 6.07) is 0. The van der Waals surface area contributed by atoms with E-state index in [9.17, 15) is 4.79 Å². The molecule has 0 radical (unpaired) electrons. The Morgan fingerprint density at radius 2 is 1.94 bits per heavy atom. The summed E-state index contributed by atoms with van der Waals surface area (Å²) in [7, 11) is 0. The molecule has 0 aliphatic carbocycles. The number of epoxide rings is 1. The predicted molar refractivity (Wildman–Crippen MR) is 60.4 cm³/mol. The topological polar surface area (TPSA) is 38.8 Å². The zero-order valence-electron chi connectivity index (χ0n) is 7.75. The number of alkyl halides is 4. The van der Waals surface area contributed by atoms with Crippen LogP contribution < -0.4 is 0 Å². The van der Waals surface area contributed by atoms with Crippen LogP contribution in [0.5, 0.6) is 0 Å². The van der Waals surface area contributed by atoms with Gasteiger partial charge in [-0.3, -0.25) is 4.79 Å². The molecular weight excluding hydrogens is 298 g/mol. The van der Waals surface area contributed by atoms with Crippen LogP contribution in [0, 0.1) is 0 Å². The van der Waals surface area contributed by atoms with Gasteiger partial charge in [-0.15, -0.1) is 0 Å². The molecule has 16 heavy (non-hydrogen) atoms. The fraction of sp³-hybridized carbons (Fsp3) is 0.667. The number of carbonyl (C=O) groups excluding carboxylic acids is 1. The molecule has 3 heterocycles. The number of hydrogen-bond donors (Lipinski definition) is 0. The van der Waals surface area contributed by atoms with Gasteiger partial charge < -0.3 is 9.47 Å². The summed E-state index contributed by atoms with van der Waals surface area (Å²) in [5.41, 5.74) is -1.16. The van der Waals surface area contributed by atoms with Crippen molar-refractivity contribution in [2.75, 3.05) is 6.61 Å². The molecule has 0 spiro atoms. The zero-order valence-corrected chi connectivity index (χ0v) is 10.8. The molecule has 7 heteroatoms. The van der Waals surface area contributed by atoms with Gasteiger partial charge >= 0.3 is 0 Å². The Morgan fingerprint density at radius 1 is 1.31 bits per heavy atom. The van der Waals surface area contributed by atoms with Crippen LogP contribution in [-0.4, -0.2) is 38.9 Å². The van der Waals surface area contributed by atoms with E-state index in [2.05, 4.69) is 0 Å². The van der Waals surface area contributed by atoms with Crippen molar-refractivity contribution in [1.29, 1.82) is 0 Å². The number of ketones is 1. The summed E-state index contributed by atoms with van der Waals surface area (Å²) in [5, 5.41) is 0.